The predicted octanol–water partition coefficient (Wildman–Crippen LogP) is 5.20. The average Bonchev–Trinajstić information content (AvgIpc) is 3.13. The number of benzene rings is 2. The normalized spacial score (nSPS) is 16.9. The van der Waals surface area contributed by atoms with Crippen LogP contribution >= 0.6 is 22.9 Å². The van der Waals surface area contributed by atoms with Gasteiger partial charge in [-0.3, -0.25) is 4.79 Å². The molecule has 28 heavy (non-hydrogen) atoms. The lowest BCUT2D eigenvalue weighted by atomic mass is 9.97. The van der Waals surface area contributed by atoms with E-state index in [0.29, 0.717) is 23.9 Å². The Bertz CT molecular complexity index is 991. The molecule has 1 fully saturated rings. The molecule has 2 aromatic carbocycles. The van der Waals surface area contributed by atoms with Gasteiger partial charge in [0.05, 0.1) is 33.5 Å². The highest BCUT2D eigenvalue weighted by atomic mass is 35.5. The first-order valence-electron chi connectivity index (χ1n) is 9.48. The topological polar surface area (TPSA) is 54.5 Å². The van der Waals surface area contributed by atoms with E-state index in [0.717, 1.165) is 40.5 Å². The summed E-state index contributed by atoms with van der Waals surface area (Å²) in [5.74, 6) is 0.786. The van der Waals surface area contributed by atoms with Gasteiger partial charge in [0.1, 0.15) is 5.75 Å². The Hall–Kier alpha value is -2.31. The third-order valence-electron chi connectivity index (χ3n) is 4.85. The van der Waals surface area contributed by atoms with Crippen molar-refractivity contribution in [2.24, 2.45) is 5.92 Å². The van der Waals surface area contributed by atoms with Crippen LogP contribution in [-0.2, 0) is 4.79 Å². The highest BCUT2D eigenvalue weighted by Crippen LogP contribution is 2.34. The number of fused-ring (bicyclic) bond motifs is 1. The number of thiazole rings is 1. The highest BCUT2D eigenvalue weighted by molar-refractivity contribution is 7.22. The number of carbonyl (C=O) groups excluding carboxylic acids is 1. The van der Waals surface area contributed by atoms with Gasteiger partial charge in [0.15, 0.2) is 5.13 Å². The summed E-state index contributed by atoms with van der Waals surface area (Å²) in [7, 11) is 0. The molecule has 7 heteroatoms. The first-order chi connectivity index (χ1) is 13.6. The lowest BCUT2D eigenvalue weighted by molar-refractivity contribution is -0.120. The van der Waals surface area contributed by atoms with Crippen molar-refractivity contribution in [1.29, 1.82) is 0 Å². The average molecular weight is 416 g/mol. The number of hydrogen-bond donors (Lipinski definition) is 1. The molecule has 1 saturated heterocycles. The maximum atomic E-state index is 12.8. The molecule has 0 spiro atoms. The van der Waals surface area contributed by atoms with Crippen LogP contribution in [0.3, 0.4) is 0 Å². The standard InChI is InChI=1S/C21H22ClN3O2S/c1-2-27-15-9-10-18-19(12-15)28-21(24-18)25-11-5-6-14(13-25)20(26)23-17-8-4-3-7-16(17)22/h3-4,7-10,12,14H,2,5-6,11,13H2,1H3,(H,23,26)/t14-/m0/s1. The van der Waals surface area contributed by atoms with Crippen molar-refractivity contribution in [1.82, 2.24) is 4.98 Å². The van der Waals surface area contributed by atoms with Crippen LogP contribution in [0.2, 0.25) is 5.02 Å². The summed E-state index contributed by atoms with van der Waals surface area (Å²) in [6.07, 6.45) is 1.83. The molecule has 5 nitrogen and oxygen atoms in total. The van der Waals surface area contributed by atoms with E-state index in [-0.39, 0.29) is 11.8 Å². The van der Waals surface area contributed by atoms with Crippen LogP contribution in [-0.4, -0.2) is 30.6 Å². The van der Waals surface area contributed by atoms with Crippen LogP contribution in [0.5, 0.6) is 5.75 Å². The van der Waals surface area contributed by atoms with Gasteiger partial charge in [0.25, 0.3) is 0 Å². The summed E-state index contributed by atoms with van der Waals surface area (Å²) in [5.41, 5.74) is 1.63. The Kier molecular flexibility index (Phi) is 5.69. The number of rotatable bonds is 5. The molecule has 1 atom stereocenters. The Balaban J connectivity index is 1.48. The Morgan fingerprint density at radius 2 is 2.21 bits per heavy atom. The minimum Gasteiger partial charge on any atom is -0.494 e. The molecule has 2 heterocycles. The molecular weight excluding hydrogens is 394 g/mol. The van der Waals surface area contributed by atoms with Gasteiger partial charge in [-0.2, -0.15) is 0 Å². The van der Waals surface area contributed by atoms with Gasteiger partial charge >= 0.3 is 0 Å². The summed E-state index contributed by atoms with van der Waals surface area (Å²) in [4.78, 5) is 19.7. The molecular formula is C21H22ClN3O2S. The summed E-state index contributed by atoms with van der Waals surface area (Å²) >= 11 is 7.81. The zero-order valence-electron chi connectivity index (χ0n) is 15.7. The second kappa shape index (κ2) is 8.37. The second-order valence-electron chi connectivity index (χ2n) is 6.81. The Morgan fingerprint density at radius 1 is 1.36 bits per heavy atom. The van der Waals surface area contributed by atoms with Crippen molar-refractivity contribution in [2.75, 3.05) is 29.9 Å². The second-order valence-corrected chi connectivity index (χ2v) is 8.23. The molecule has 1 aliphatic heterocycles. The molecule has 4 rings (SSSR count). The van der Waals surface area contributed by atoms with Gasteiger partial charge in [-0.05, 0) is 50.1 Å². The number of para-hydroxylation sites is 1. The van der Waals surface area contributed by atoms with E-state index in [2.05, 4.69) is 10.2 Å². The number of nitrogens with zero attached hydrogens (tertiary/aromatic N) is 2. The number of amides is 1. The molecule has 1 amide bonds. The maximum Gasteiger partial charge on any atom is 0.229 e. The number of anilines is 2. The van der Waals surface area contributed by atoms with E-state index in [4.69, 9.17) is 21.3 Å². The van der Waals surface area contributed by atoms with E-state index in [1.54, 1.807) is 17.4 Å². The first kappa shape index (κ1) is 19.0. The minimum atomic E-state index is -0.0870. The molecule has 1 N–H and O–H groups in total. The molecule has 0 unspecified atom stereocenters. The predicted molar refractivity (Wildman–Crippen MR) is 116 cm³/mol. The number of aromatic nitrogens is 1. The third-order valence-corrected chi connectivity index (χ3v) is 6.26. The van der Waals surface area contributed by atoms with Crippen molar-refractivity contribution in [3.63, 3.8) is 0 Å². The largest absolute Gasteiger partial charge is 0.494 e. The zero-order chi connectivity index (χ0) is 19.5. The van der Waals surface area contributed by atoms with Gasteiger partial charge in [-0.1, -0.05) is 35.1 Å². The molecule has 146 valence electrons. The van der Waals surface area contributed by atoms with Crippen molar-refractivity contribution < 1.29 is 9.53 Å². The van der Waals surface area contributed by atoms with Crippen molar-refractivity contribution >= 4 is 49.9 Å². The molecule has 3 aromatic rings. The summed E-state index contributed by atoms with van der Waals surface area (Å²) in [5, 5.41) is 4.48. The number of carbonyl (C=O) groups is 1. The van der Waals surface area contributed by atoms with E-state index in [1.807, 2.05) is 43.3 Å². The van der Waals surface area contributed by atoms with Crippen LogP contribution in [0.1, 0.15) is 19.8 Å². The van der Waals surface area contributed by atoms with Crippen LogP contribution in [0, 0.1) is 5.92 Å². The first-order valence-corrected chi connectivity index (χ1v) is 10.7. The summed E-state index contributed by atoms with van der Waals surface area (Å²) in [6, 6.07) is 13.3. The molecule has 0 bridgehead atoms. The quantitative estimate of drug-likeness (QED) is 0.622. The summed E-state index contributed by atoms with van der Waals surface area (Å²) in [6.45, 7) is 4.19. The maximum absolute atomic E-state index is 12.8. The van der Waals surface area contributed by atoms with Gasteiger partial charge in [0.2, 0.25) is 5.91 Å². The van der Waals surface area contributed by atoms with Crippen molar-refractivity contribution in [3.05, 3.63) is 47.5 Å². The van der Waals surface area contributed by atoms with Crippen molar-refractivity contribution in [3.8, 4) is 5.75 Å². The smallest absolute Gasteiger partial charge is 0.229 e. The SMILES string of the molecule is CCOc1ccc2nc(N3CCC[C@H](C(=O)Nc4ccccc4Cl)C3)sc2c1. The number of nitrogens with one attached hydrogen (secondary N) is 1. The fourth-order valence-electron chi connectivity index (χ4n) is 3.45. The van der Waals surface area contributed by atoms with E-state index in [1.165, 1.54) is 0 Å². The van der Waals surface area contributed by atoms with Crippen LogP contribution < -0.4 is 15.0 Å². The van der Waals surface area contributed by atoms with E-state index < -0.39 is 0 Å². The van der Waals surface area contributed by atoms with Crippen LogP contribution in [0.25, 0.3) is 10.2 Å². The van der Waals surface area contributed by atoms with E-state index in [9.17, 15) is 4.79 Å². The molecule has 0 aliphatic carbocycles. The van der Waals surface area contributed by atoms with Gasteiger partial charge in [0, 0.05) is 13.1 Å². The van der Waals surface area contributed by atoms with Gasteiger partial charge in [-0.15, -0.1) is 0 Å². The molecule has 1 aromatic heterocycles. The number of halogens is 1. The number of ether oxygens (including phenoxy) is 1. The molecule has 0 radical (unpaired) electrons. The highest BCUT2D eigenvalue weighted by Gasteiger charge is 2.28. The van der Waals surface area contributed by atoms with Gasteiger partial charge < -0.3 is 15.0 Å². The lowest BCUT2D eigenvalue weighted by Crippen LogP contribution is -2.40. The molecule has 1 aliphatic rings. The fraction of sp³-hybridized carbons (Fsp3) is 0.333. The van der Waals surface area contributed by atoms with Crippen LogP contribution in [0.15, 0.2) is 42.5 Å². The Labute approximate surface area is 173 Å². The zero-order valence-corrected chi connectivity index (χ0v) is 17.2. The number of hydrogen-bond acceptors (Lipinski definition) is 5. The van der Waals surface area contributed by atoms with E-state index >= 15 is 0 Å². The van der Waals surface area contributed by atoms with Crippen LogP contribution in [0.4, 0.5) is 10.8 Å². The molecule has 0 saturated carbocycles. The monoisotopic (exact) mass is 415 g/mol. The summed E-state index contributed by atoms with van der Waals surface area (Å²) < 4.78 is 6.69. The van der Waals surface area contributed by atoms with Gasteiger partial charge in [-0.25, -0.2) is 4.98 Å². The minimum absolute atomic E-state index is 0.0116. The Morgan fingerprint density at radius 3 is 3.04 bits per heavy atom. The fourth-order valence-corrected chi connectivity index (χ4v) is 4.66. The lowest BCUT2D eigenvalue weighted by Gasteiger charge is -2.31. The number of piperidine rings is 1. The van der Waals surface area contributed by atoms with Crippen molar-refractivity contribution in [2.45, 2.75) is 19.8 Å². The third kappa shape index (κ3) is 4.08.